The van der Waals surface area contributed by atoms with E-state index in [9.17, 15) is 9.59 Å². The summed E-state index contributed by atoms with van der Waals surface area (Å²) >= 11 is 1.42. The van der Waals surface area contributed by atoms with Gasteiger partial charge in [0.25, 0.3) is 5.91 Å². The predicted molar refractivity (Wildman–Crippen MR) is 121 cm³/mol. The molecule has 6 nitrogen and oxygen atoms in total. The highest BCUT2D eigenvalue weighted by molar-refractivity contribution is 7.13. The van der Waals surface area contributed by atoms with Gasteiger partial charge in [-0.1, -0.05) is 42.5 Å². The van der Waals surface area contributed by atoms with Crippen molar-refractivity contribution < 1.29 is 14.0 Å². The van der Waals surface area contributed by atoms with E-state index in [2.05, 4.69) is 15.6 Å². The Balaban J connectivity index is 1.42. The third kappa shape index (κ3) is 5.07. The number of rotatable bonds is 7. The number of aromatic nitrogens is 1. The number of furan rings is 1. The Bertz CT molecular complexity index is 1170. The minimum atomic E-state index is -0.249. The number of thiazole rings is 1. The van der Waals surface area contributed by atoms with Gasteiger partial charge in [-0.15, -0.1) is 11.3 Å². The highest BCUT2D eigenvalue weighted by Crippen LogP contribution is 2.24. The smallest absolute Gasteiger partial charge is 0.253 e. The first-order valence-electron chi connectivity index (χ1n) is 9.83. The van der Waals surface area contributed by atoms with Gasteiger partial charge < -0.3 is 15.1 Å². The molecule has 31 heavy (non-hydrogen) atoms. The Morgan fingerprint density at radius 1 is 1.03 bits per heavy atom. The summed E-state index contributed by atoms with van der Waals surface area (Å²) in [5.41, 5.74) is 2.53. The molecule has 0 saturated heterocycles. The van der Waals surface area contributed by atoms with Gasteiger partial charge in [-0.2, -0.15) is 0 Å². The molecule has 0 saturated carbocycles. The number of nitrogens with zero attached hydrogens (tertiary/aromatic N) is 1. The number of hydrogen-bond donors (Lipinski definition) is 2. The van der Waals surface area contributed by atoms with Crippen LogP contribution in [-0.4, -0.2) is 16.8 Å². The van der Waals surface area contributed by atoms with E-state index in [1.165, 1.54) is 11.3 Å². The van der Waals surface area contributed by atoms with E-state index >= 15 is 0 Å². The van der Waals surface area contributed by atoms with Crippen LogP contribution in [0.15, 0.2) is 82.8 Å². The summed E-state index contributed by atoms with van der Waals surface area (Å²) in [5.74, 6) is 0.180. The molecule has 4 rings (SSSR count). The standard InChI is InChI=1S/C24H21N3O3S/c1-16(17-8-3-2-4-9-17)25-23(29)19-10-5-6-11-20(19)27-22(28)14-18-15-31-24(26-18)21-12-7-13-30-21/h2-13,15-16H,14H2,1H3,(H,25,29)(H,27,28). The molecule has 1 atom stereocenters. The molecule has 0 aliphatic rings. The topological polar surface area (TPSA) is 84.2 Å². The highest BCUT2D eigenvalue weighted by atomic mass is 32.1. The molecule has 2 N–H and O–H groups in total. The Morgan fingerprint density at radius 2 is 1.81 bits per heavy atom. The van der Waals surface area contributed by atoms with Crippen molar-refractivity contribution in [2.45, 2.75) is 19.4 Å². The summed E-state index contributed by atoms with van der Waals surface area (Å²) in [4.78, 5) is 29.9. The molecule has 2 aromatic heterocycles. The van der Waals surface area contributed by atoms with Crippen molar-refractivity contribution in [1.29, 1.82) is 0 Å². The molecule has 2 heterocycles. The zero-order chi connectivity index (χ0) is 21.6. The zero-order valence-electron chi connectivity index (χ0n) is 16.9. The van der Waals surface area contributed by atoms with Crippen LogP contribution in [0.5, 0.6) is 0 Å². The van der Waals surface area contributed by atoms with Crippen molar-refractivity contribution in [3.8, 4) is 10.8 Å². The van der Waals surface area contributed by atoms with Gasteiger partial charge in [0.15, 0.2) is 10.8 Å². The SMILES string of the molecule is CC(NC(=O)c1ccccc1NC(=O)Cc1csc(-c2ccco2)n1)c1ccccc1. The summed E-state index contributed by atoms with van der Waals surface area (Å²) < 4.78 is 5.34. The predicted octanol–water partition coefficient (Wildman–Crippen LogP) is 5.08. The van der Waals surface area contributed by atoms with Crippen LogP contribution in [-0.2, 0) is 11.2 Å². The third-order valence-corrected chi connectivity index (χ3v) is 5.62. The van der Waals surface area contributed by atoms with Gasteiger partial charge in [0, 0.05) is 5.38 Å². The number of nitrogens with one attached hydrogen (secondary N) is 2. The second kappa shape index (κ2) is 9.40. The van der Waals surface area contributed by atoms with Crippen LogP contribution in [0.1, 0.15) is 34.6 Å². The monoisotopic (exact) mass is 431 g/mol. The molecule has 4 aromatic rings. The largest absolute Gasteiger partial charge is 0.462 e. The number of carbonyl (C=O) groups excluding carboxylic acids is 2. The summed E-state index contributed by atoms with van der Waals surface area (Å²) in [6.07, 6.45) is 1.69. The van der Waals surface area contributed by atoms with E-state index in [-0.39, 0.29) is 24.3 Å². The van der Waals surface area contributed by atoms with Crippen molar-refractivity contribution in [3.63, 3.8) is 0 Å². The van der Waals surface area contributed by atoms with E-state index < -0.39 is 0 Å². The second-order valence-electron chi connectivity index (χ2n) is 7.00. The van der Waals surface area contributed by atoms with Gasteiger partial charge in [-0.3, -0.25) is 9.59 Å². The maximum atomic E-state index is 12.8. The van der Waals surface area contributed by atoms with Gasteiger partial charge in [0.1, 0.15) is 0 Å². The minimum absolute atomic E-state index is 0.105. The molecule has 2 aromatic carbocycles. The van der Waals surface area contributed by atoms with Crippen LogP contribution in [0.4, 0.5) is 5.69 Å². The number of para-hydroxylation sites is 1. The van der Waals surface area contributed by atoms with Gasteiger partial charge in [0.2, 0.25) is 5.91 Å². The molecule has 0 radical (unpaired) electrons. The van der Waals surface area contributed by atoms with Gasteiger partial charge >= 0.3 is 0 Å². The van der Waals surface area contributed by atoms with Crippen molar-refractivity contribution in [2.24, 2.45) is 0 Å². The van der Waals surface area contributed by atoms with Crippen LogP contribution in [0.25, 0.3) is 10.8 Å². The Morgan fingerprint density at radius 3 is 2.58 bits per heavy atom. The molecule has 0 aliphatic heterocycles. The molecule has 7 heteroatoms. The van der Waals surface area contributed by atoms with Crippen LogP contribution >= 0.6 is 11.3 Å². The third-order valence-electron chi connectivity index (χ3n) is 4.72. The van der Waals surface area contributed by atoms with Crippen LogP contribution in [0.2, 0.25) is 0 Å². The molecule has 156 valence electrons. The van der Waals surface area contributed by atoms with Gasteiger partial charge in [0.05, 0.1) is 35.7 Å². The van der Waals surface area contributed by atoms with E-state index in [0.29, 0.717) is 22.7 Å². The Kier molecular flexibility index (Phi) is 6.24. The fraction of sp³-hybridized carbons (Fsp3) is 0.125. The number of carbonyl (C=O) groups is 2. The first-order valence-corrected chi connectivity index (χ1v) is 10.7. The summed E-state index contributed by atoms with van der Waals surface area (Å²) in [6.45, 7) is 1.92. The van der Waals surface area contributed by atoms with Crippen LogP contribution < -0.4 is 10.6 Å². The highest BCUT2D eigenvalue weighted by Gasteiger charge is 2.17. The summed E-state index contributed by atoms with van der Waals surface area (Å²) in [5, 5.41) is 8.38. The minimum Gasteiger partial charge on any atom is -0.462 e. The first-order chi connectivity index (χ1) is 15.1. The van der Waals surface area contributed by atoms with Crippen LogP contribution in [0, 0.1) is 0 Å². The quantitative estimate of drug-likeness (QED) is 0.428. The maximum Gasteiger partial charge on any atom is 0.253 e. The zero-order valence-corrected chi connectivity index (χ0v) is 17.7. The molecular weight excluding hydrogens is 410 g/mol. The number of amides is 2. The molecule has 0 bridgehead atoms. The average molecular weight is 432 g/mol. The Hall–Kier alpha value is -3.71. The lowest BCUT2D eigenvalue weighted by atomic mass is 10.1. The fourth-order valence-corrected chi connectivity index (χ4v) is 3.94. The molecule has 0 fully saturated rings. The maximum absolute atomic E-state index is 12.8. The summed E-state index contributed by atoms with van der Waals surface area (Å²) in [6, 6.07) is 20.2. The van der Waals surface area contributed by atoms with Crippen molar-refractivity contribution in [1.82, 2.24) is 10.3 Å². The van der Waals surface area contributed by atoms with Crippen LogP contribution in [0.3, 0.4) is 0 Å². The fourth-order valence-electron chi connectivity index (χ4n) is 3.15. The lowest BCUT2D eigenvalue weighted by molar-refractivity contribution is -0.115. The number of hydrogen-bond acceptors (Lipinski definition) is 5. The van der Waals surface area contributed by atoms with Crippen molar-refractivity contribution in [2.75, 3.05) is 5.32 Å². The normalized spacial score (nSPS) is 11.6. The van der Waals surface area contributed by atoms with E-state index in [4.69, 9.17) is 4.42 Å². The molecule has 1 unspecified atom stereocenters. The molecule has 0 spiro atoms. The molecule has 2 amide bonds. The lowest BCUT2D eigenvalue weighted by Gasteiger charge is -2.16. The Labute approximate surface area is 184 Å². The van der Waals surface area contributed by atoms with E-state index in [0.717, 1.165) is 10.6 Å². The van der Waals surface area contributed by atoms with E-state index in [1.54, 1.807) is 36.6 Å². The average Bonchev–Trinajstić information content (AvgIpc) is 3.46. The molecule has 0 aliphatic carbocycles. The molecular formula is C24H21N3O3S. The first kappa shape index (κ1) is 20.6. The van der Waals surface area contributed by atoms with Gasteiger partial charge in [-0.25, -0.2) is 4.98 Å². The van der Waals surface area contributed by atoms with E-state index in [1.807, 2.05) is 48.7 Å². The number of benzene rings is 2. The summed E-state index contributed by atoms with van der Waals surface area (Å²) in [7, 11) is 0. The van der Waals surface area contributed by atoms with Gasteiger partial charge in [-0.05, 0) is 36.8 Å². The van der Waals surface area contributed by atoms with Crippen molar-refractivity contribution >= 4 is 28.8 Å². The van der Waals surface area contributed by atoms with Crippen molar-refractivity contribution in [3.05, 3.63) is 95.2 Å². The second-order valence-corrected chi connectivity index (χ2v) is 7.86. The number of anilines is 1. The lowest BCUT2D eigenvalue weighted by Crippen LogP contribution is -2.28.